The molecule has 5 nitrogen and oxygen atoms in total. The molecule has 0 fully saturated rings. The summed E-state index contributed by atoms with van der Waals surface area (Å²) >= 11 is 0. The van der Waals surface area contributed by atoms with Crippen LogP contribution in [0.5, 0.6) is 0 Å². The molecule has 0 saturated carbocycles. The number of hydrogen-bond donors (Lipinski definition) is 0. The molecular weight excluding hydrogens is 1040 g/mol. The van der Waals surface area contributed by atoms with E-state index in [0.717, 1.165) is 160 Å². The Balaban J connectivity index is 0.000000111. The highest BCUT2D eigenvalue weighted by Crippen LogP contribution is 2.43. The van der Waals surface area contributed by atoms with Crippen LogP contribution in [0.25, 0.3) is 55.6 Å². The Labute approximate surface area is 500 Å². The van der Waals surface area contributed by atoms with Gasteiger partial charge in [-0.2, -0.15) is 0 Å². The lowest BCUT2D eigenvalue weighted by Gasteiger charge is -2.08. The first kappa shape index (κ1) is 57.4. The van der Waals surface area contributed by atoms with E-state index in [0.29, 0.717) is 0 Å². The van der Waals surface area contributed by atoms with Crippen molar-refractivity contribution in [1.82, 2.24) is 0 Å². The summed E-state index contributed by atoms with van der Waals surface area (Å²) in [5.74, 6) is 0.871. The Kier molecular flexibility index (Phi) is 16.0. The fourth-order valence-electron chi connectivity index (χ4n) is 12.7. The molecule has 0 heterocycles. The van der Waals surface area contributed by atoms with Gasteiger partial charge in [0.15, 0.2) is 28.9 Å². The maximum atomic E-state index is 12.4. The second-order valence-corrected chi connectivity index (χ2v) is 22.9. The molecule has 5 aliphatic rings. The van der Waals surface area contributed by atoms with Crippen LogP contribution in [-0.2, 0) is 32.1 Å². The number of benzene rings is 10. The summed E-state index contributed by atoms with van der Waals surface area (Å²) in [6, 6.07) is 61.1. The van der Waals surface area contributed by atoms with Crippen molar-refractivity contribution in [3.63, 3.8) is 0 Å². The van der Waals surface area contributed by atoms with E-state index in [1.165, 1.54) is 38.9 Å². The Morgan fingerprint density at radius 3 is 1.09 bits per heavy atom. The first-order chi connectivity index (χ1) is 41.1. The summed E-state index contributed by atoms with van der Waals surface area (Å²) in [7, 11) is 0. The van der Waals surface area contributed by atoms with Gasteiger partial charge in [-0.15, -0.1) is 0 Å². The Morgan fingerprint density at radius 1 is 0.224 bits per heavy atom. The third kappa shape index (κ3) is 10.5. The molecule has 0 amide bonds. The first-order valence-corrected chi connectivity index (χ1v) is 30.0. The second-order valence-electron chi connectivity index (χ2n) is 22.9. The van der Waals surface area contributed by atoms with E-state index in [1.54, 1.807) is 0 Å². The molecule has 0 aromatic heterocycles. The van der Waals surface area contributed by atoms with Gasteiger partial charge in [-0.05, 0) is 180 Å². The van der Waals surface area contributed by atoms with Crippen LogP contribution in [0.2, 0.25) is 0 Å². The van der Waals surface area contributed by atoms with Crippen LogP contribution in [0.1, 0.15) is 170 Å². The summed E-state index contributed by atoms with van der Waals surface area (Å²) in [6.07, 6.45) is 4.91. The van der Waals surface area contributed by atoms with Gasteiger partial charge in [0, 0.05) is 55.6 Å². The molecule has 15 rings (SSSR count). The number of rotatable bonds is 5. The van der Waals surface area contributed by atoms with Crippen LogP contribution in [0, 0.1) is 34.6 Å². The highest BCUT2D eigenvalue weighted by Gasteiger charge is 2.32. The van der Waals surface area contributed by atoms with Crippen LogP contribution in [-0.4, -0.2) is 28.9 Å². The first-order valence-electron chi connectivity index (χ1n) is 30.0. The molecule has 10 aromatic rings. The van der Waals surface area contributed by atoms with Crippen molar-refractivity contribution in [3.8, 4) is 55.6 Å². The van der Waals surface area contributed by atoms with Crippen molar-refractivity contribution in [2.75, 3.05) is 0 Å². The van der Waals surface area contributed by atoms with Crippen molar-refractivity contribution < 1.29 is 24.0 Å². The minimum Gasteiger partial charge on any atom is -0.289 e. The van der Waals surface area contributed by atoms with Crippen molar-refractivity contribution in [2.45, 2.75) is 101 Å². The molecule has 420 valence electrons. The fraction of sp³-hybridized carbons (Fsp3) is 0.188. The average molecular weight is 1110 g/mol. The number of ketones is 5. The number of fused-ring (bicyclic) bond motifs is 15. The predicted octanol–water partition coefficient (Wildman–Crippen LogP) is 18.8. The zero-order valence-corrected chi connectivity index (χ0v) is 50.4. The van der Waals surface area contributed by atoms with E-state index in [1.807, 2.05) is 112 Å². The summed E-state index contributed by atoms with van der Waals surface area (Å²) in [4.78, 5) is 61.5. The molecule has 0 saturated heterocycles. The average Bonchev–Trinajstić information content (AvgIpc) is 2.95. The highest BCUT2D eigenvalue weighted by molar-refractivity contribution is 6.25. The van der Waals surface area contributed by atoms with E-state index in [-0.39, 0.29) is 28.9 Å². The molecule has 0 N–H and O–H groups in total. The maximum absolute atomic E-state index is 12.4. The van der Waals surface area contributed by atoms with Crippen LogP contribution in [0.3, 0.4) is 0 Å². The van der Waals surface area contributed by atoms with Gasteiger partial charge >= 0.3 is 0 Å². The molecule has 0 unspecified atom stereocenters. The lowest BCUT2D eigenvalue weighted by Crippen LogP contribution is -1.99. The Hall–Kier alpha value is -9.45. The number of carbonyl (C=O) groups is 5. The van der Waals surface area contributed by atoms with Gasteiger partial charge < -0.3 is 0 Å². The van der Waals surface area contributed by atoms with E-state index in [4.69, 9.17) is 0 Å². The predicted molar refractivity (Wildman–Crippen MR) is 347 cm³/mol. The lowest BCUT2D eigenvalue weighted by atomic mass is 9.95. The van der Waals surface area contributed by atoms with Crippen LogP contribution in [0.4, 0.5) is 0 Å². The summed E-state index contributed by atoms with van der Waals surface area (Å²) in [6.45, 7) is 20.8. The Morgan fingerprint density at radius 2 is 0.565 bits per heavy atom. The SMILES string of the molecule is CCc1cc(C)c2c(c1)-c1ccccc1C2=O.CCc1ccc(C)c2c1-c1ccccc1C2=O.CCc1ccc2c(c1)-c1cc(C)ccc1C2=O.CCc1ccc2c(c1)C(=O)c1cc(C)ccc1-2.CCc1ccc2c(c1)C(=O)c1ccc(C)cc1-2. The minimum atomic E-state index is 0.164. The van der Waals surface area contributed by atoms with Gasteiger partial charge in [-0.1, -0.05) is 215 Å². The number of aryl methyl sites for hydroxylation is 10. The van der Waals surface area contributed by atoms with Crippen LogP contribution >= 0.6 is 0 Å². The van der Waals surface area contributed by atoms with Crippen LogP contribution in [0.15, 0.2) is 182 Å². The quantitative estimate of drug-likeness (QED) is 0.171. The molecule has 0 spiro atoms. The molecule has 85 heavy (non-hydrogen) atoms. The maximum Gasteiger partial charge on any atom is 0.194 e. The molecule has 5 aliphatic carbocycles. The molecule has 0 atom stereocenters. The monoisotopic (exact) mass is 1110 g/mol. The topological polar surface area (TPSA) is 85.3 Å². The van der Waals surface area contributed by atoms with Gasteiger partial charge in [0.1, 0.15) is 0 Å². The van der Waals surface area contributed by atoms with Crippen molar-refractivity contribution in [3.05, 3.63) is 293 Å². The standard InChI is InChI=1S/5C16H14O/c1-3-11-5-7-12-14-8-10(2)4-6-13(14)16(17)15(12)9-11;1-3-11-5-7-13-15(9-11)14-8-10(2)4-6-12(14)16(13)17;1-3-11-5-7-13-12-6-4-10(2)8-14(12)16(17)15(13)9-11;1-3-11-8-10(2)15-14(9-11)12-6-4-5-7-13(12)16(15)17;1-3-11-9-8-10(2)14-15(11)12-6-4-5-7-13(12)16(14)17/h5*4-9H,3H2,1-2H3. The smallest absolute Gasteiger partial charge is 0.194 e. The molecule has 0 bridgehead atoms. The number of hydrogen-bond acceptors (Lipinski definition) is 5. The van der Waals surface area contributed by atoms with Crippen molar-refractivity contribution >= 4 is 28.9 Å². The fourth-order valence-corrected chi connectivity index (χ4v) is 12.7. The van der Waals surface area contributed by atoms with Crippen LogP contribution < -0.4 is 0 Å². The minimum absolute atomic E-state index is 0.164. The molecule has 0 aliphatic heterocycles. The molecular formula is C80H70O5. The van der Waals surface area contributed by atoms with Gasteiger partial charge in [0.25, 0.3) is 0 Å². The zero-order chi connectivity index (χ0) is 60.0. The van der Waals surface area contributed by atoms with Gasteiger partial charge in [0.05, 0.1) is 0 Å². The lowest BCUT2D eigenvalue weighted by molar-refractivity contribution is 0.103. The summed E-state index contributed by atoms with van der Waals surface area (Å²) in [5, 5.41) is 0. The van der Waals surface area contributed by atoms with E-state index in [9.17, 15) is 24.0 Å². The third-order valence-electron chi connectivity index (χ3n) is 17.4. The van der Waals surface area contributed by atoms with Crippen molar-refractivity contribution in [1.29, 1.82) is 0 Å². The van der Waals surface area contributed by atoms with E-state index >= 15 is 0 Å². The van der Waals surface area contributed by atoms with Gasteiger partial charge in [-0.25, -0.2) is 0 Å². The zero-order valence-electron chi connectivity index (χ0n) is 50.4. The van der Waals surface area contributed by atoms with Gasteiger partial charge in [0.2, 0.25) is 0 Å². The molecule has 5 heteroatoms. The largest absolute Gasteiger partial charge is 0.289 e. The normalized spacial score (nSPS) is 12.5. The van der Waals surface area contributed by atoms with Crippen molar-refractivity contribution in [2.24, 2.45) is 0 Å². The molecule has 0 radical (unpaired) electrons. The molecule has 10 aromatic carbocycles. The summed E-state index contributed by atoms with van der Waals surface area (Å²) < 4.78 is 0. The Bertz CT molecular complexity index is 4430. The third-order valence-corrected chi connectivity index (χ3v) is 17.4. The highest BCUT2D eigenvalue weighted by atomic mass is 16.1. The van der Waals surface area contributed by atoms with E-state index < -0.39 is 0 Å². The van der Waals surface area contributed by atoms with Gasteiger partial charge in [-0.3, -0.25) is 24.0 Å². The van der Waals surface area contributed by atoms with E-state index in [2.05, 4.69) is 139 Å². The second kappa shape index (κ2) is 23.7. The summed E-state index contributed by atoms with van der Waals surface area (Å²) in [5.41, 5.74) is 31.7. The number of carbonyl (C=O) groups excluding carboxylic acids is 5.